The van der Waals surface area contributed by atoms with Gasteiger partial charge in [-0.2, -0.15) is 0 Å². The average Bonchev–Trinajstić information content (AvgIpc) is 3.12. The third kappa shape index (κ3) is 3.01. The van der Waals surface area contributed by atoms with Crippen LogP contribution in [0.3, 0.4) is 0 Å². The summed E-state index contributed by atoms with van der Waals surface area (Å²) in [7, 11) is 0. The van der Waals surface area contributed by atoms with Gasteiger partial charge < -0.3 is 10.6 Å². The summed E-state index contributed by atoms with van der Waals surface area (Å²) in [4.78, 5) is 12.5. The van der Waals surface area contributed by atoms with Gasteiger partial charge in [-0.3, -0.25) is 0 Å². The molecular weight excluding hydrogens is 276 g/mol. The van der Waals surface area contributed by atoms with Crippen LogP contribution in [0.5, 0.6) is 0 Å². The molecule has 0 spiro atoms. The van der Waals surface area contributed by atoms with E-state index < -0.39 is 0 Å². The molecule has 0 bridgehead atoms. The lowest BCUT2D eigenvalue weighted by molar-refractivity contribution is 0.770. The van der Waals surface area contributed by atoms with Gasteiger partial charge in [0.05, 0.1) is 6.54 Å². The summed E-state index contributed by atoms with van der Waals surface area (Å²) >= 11 is 3.31. The van der Waals surface area contributed by atoms with Crippen LogP contribution in [0.15, 0.2) is 28.7 Å². The van der Waals surface area contributed by atoms with Crippen LogP contribution in [0.4, 0.5) is 11.6 Å². The summed E-state index contributed by atoms with van der Waals surface area (Å²) < 4.78 is 0. The van der Waals surface area contributed by atoms with Crippen molar-refractivity contribution >= 4 is 34.7 Å². The molecule has 0 aromatic carbocycles. The molecule has 0 unspecified atom stereocenters. The molecule has 0 aliphatic heterocycles. The fourth-order valence-electron chi connectivity index (χ4n) is 2.02. The highest BCUT2D eigenvalue weighted by Gasteiger charge is 2.30. The Balaban J connectivity index is 1.89. The summed E-state index contributed by atoms with van der Waals surface area (Å²) in [5.41, 5.74) is 5.88. The Labute approximate surface area is 121 Å². The molecule has 1 aliphatic carbocycles. The minimum Gasteiger partial charge on any atom is -0.383 e. The number of anilines is 2. The maximum absolute atomic E-state index is 5.88. The third-order valence-electron chi connectivity index (χ3n) is 3.08. The van der Waals surface area contributed by atoms with Gasteiger partial charge in [0.25, 0.3) is 0 Å². The van der Waals surface area contributed by atoms with Crippen molar-refractivity contribution in [2.24, 2.45) is 0 Å². The molecule has 2 N–H and O–H groups in total. The van der Waals surface area contributed by atoms with Crippen molar-refractivity contribution in [2.45, 2.75) is 30.6 Å². The number of hydrogen-bond donors (Lipinski definition) is 1. The van der Waals surface area contributed by atoms with Crippen molar-refractivity contribution in [3.8, 4) is 0 Å². The number of hydrogen-bond acceptors (Lipinski definition) is 6. The standard InChI is InChI=1S/C13H16N4S2/c1-18-13-15-11(14)7-12(16-13)17(9-4-5-9)8-10-3-2-6-19-10/h2-3,6-7,9H,4-5,8H2,1H3,(H2,14,15,16). The fourth-order valence-corrected chi connectivity index (χ4v) is 3.11. The van der Waals surface area contributed by atoms with Crippen molar-refractivity contribution in [1.82, 2.24) is 9.97 Å². The number of thioether (sulfide) groups is 1. The van der Waals surface area contributed by atoms with Crippen LogP contribution in [0, 0.1) is 0 Å². The predicted molar refractivity (Wildman–Crippen MR) is 81.7 cm³/mol. The first-order valence-corrected chi connectivity index (χ1v) is 8.34. The molecule has 4 nitrogen and oxygen atoms in total. The summed E-state index contributed by atoms with van der Waals surface area (Å²) in [6, 6.07) is 6.74. The maximum atomic E-state index is 5.88. The summed E-state index contributed by atoms with van der Waals surface area (Å²) in [6.45, 7) is 0.909. The van der Waals surface area contributed by atoms with Gasteiger partial charge in [0.15, 0.2) is 5.16 Å². The fraction of sp³-hybridized carbons (Fsp3) is 0.385. The van der Waals surface area contributed by atoms with E-state index in [2.05, 4.69) is 32.4 Å². The van der Waals surface area contributed by atoms with Gasteiger partial charge in [-0.25, -0.2) is 9.97 Å². The van der Waals surface area contributed by atoms with E-state index in [-0.39, 0.29) is 0 Å². The molecule has 0 saturated heterocycles. The first kappa shape index (κ1) is 12.7. The molecule has 19 heavy (non-hydrogen) atoms. The second-order valence-electron chi connectivity index (χ2n) is 4.58. The van der Waals surface area contributed by atoms with E-state index >= 15 is 0 Å². The average molecular weight is 292 g/mol. The second-order valence-corrected chi connectivity index (χ2v) is 6.38. The van der Waals surface area contributed by atoms with Gasteiger partial charge >= 0.3 is 0 Å². The molecule has 100 valence electrons. The number of nitrogens with two attached hydrogens (primary N) is 1. The molecule has 1 fully saturated rings. The monoisotopic (exact) mass is 292 g/mol. The number of nitrogens with zero attached hydrogens (tertiary/aromatic N) is 3. The predicted octanol–water partition coefficient (Wildman–Crippen LogP) is 3.01. The first-order chi connectivity index (χ1) is 9.26. The van der Waals surface area contributed by atoms with Crippen molar-refractivity contribution in [3.63, 3.8) is 0 Å². The lowest BCUT2D eigenvalue weighted by Gasteiger charge is -2.23. The first-order valence-electron chi connectivity index (χ1n) is 6.24. The highest BCUT2D eigenvalue weighted by Crippen LogP contribution is 2.33. The van der Waals surface area contributed by atoms with Gasteiger partial charge in [0.2, 0.25) is 0 Å². The molecule has 0 radical (unpaired) electrons. The molecule has 6 heteroatoms. The molecule has 0 amide bonds. The quantitative estimate of drug-likeness (QED) is 0.678. The van der Waals surface area contributed by atoms with E-state index in [1.54, 1.807) is 11.3 Å². The Kier molecular flexibility index (Phi) is 3.61. The largest absolute Gasteiger partial charge is 0.383 e. The lowest BCUT2D eigenvalue weighted by atomic mass is 10.3. The third-order valence-corrected chi connectivity index (χ3v) is 4.49. The maximum Gasteiger partial charge on any atom is 0.191 e. The molecule has 0 atom stereocenters. The van der Waals surface area contributed by atoms with Gasteiger partial charge in [0.1, 0.15) is 11.6 Å². The van der Waals surface area contributed by atoms with Crippen molar-refractivity contribution in [3.05, 3.63) is 28.5 Å². The zero-order chi connectivity index (χ0) is 13.2. The highest BCUT2D eigenvalue weighted by atomic mass is 32.2. The second kappa shape index (κ2) is 5.38. The number of aromatic nitrogens is 2. The minimum atomic E-state index is 0.547. The number of thiophene rings is 1. The van der Waals surface area contributed by atoms with Gasteiger partial charge in [-0.1, -0.05) is 17.8 Å². The van der Waals surface area contributed by atoms with Gasteiger partial charge in [-0.05, 0) is 30.5 Å². The lowest BCUT2D eigenvalue weighted by Crippen LogP contribution is -2.26. The van der Waals surface area contributed by atoms with Crippen LogP contribution >= 0.6 is 23.1 Å². The van der Waals surface area contributed by atoms with Crippen molar-refractivity contribution < 1.29 is 0 Å². The van der Waals surface area contributed by atoms with E-state index in [4.69, 9.17) is 5.73 Å². The van der Waals surface area contributed by atoms with Crippen LogP contribution in [-0.4, -0.2) is 22.3 Å². The van der Waals surface area contributed by atoms with Gasteiger partial charge in [0, 0.05) is 17.0 Å². The van der Waals surface area contributed by atoms with Crippen LogP contribution in [-0.2, 0) is 6.54 Å². The minimum absolute atomic E-state index is 0.547. The van der Waals surface area contributed by atoms with E-state index in [1.807, 2.05) is 12.3 Å². The van der Waals surface area contributed by atoms with Crippen LogP contribution in [0.2, 0.25) is 0 Å². The van der Waals surface area contributed by atoms with E-state index in [9.17, 15) is 0 Å². The van der Waals surface area contributed by atoms with Crippen LogP contribution < -0.4 is 10.6 Å². The zero-order valence-corrected chi connectivity index (χ0v) is 12.4. The van der Waals surface area contributed by atoms with Crippen LogP contribution in [0.1, 0.15) is 17.7 Å². The Morgan fingerprint density at radius 2 is 2.32 bits per heavy atom. The summed E-state index contributed by atoms with van der Waals surface area (Å²) in [5.74, 6) is 1.50. The molecule has 2 aromatic rings. The zero-order valence-electron chi connectivity index (χ0n) is 10.7. The topological polar surface area (TPSA) is 55.0 Å². The smallest absolute Gasteiger partial charge is 0.191 e. The Bertz CT molecular complexity index is 552. The molecule has 2 heterocycles. The molecule has 3 rings (SSSR count). The number of rotatable bonds is 5. The van der Waals surface area contributed by atoms with E-state index in [0.717, 1.165) is 17.5 Å². The highest BCUT2D eigenvalue weighted by molar-refractivity contribution is 7.98. The van der Waals surface area contributed by atoms with Crippen molar-refractivity contribution in [1.29, 1.82) is 0 Å². The van der Waals surface area contributed by atoms with E-state index in [1.165, 1.54) is 29.5 Å². The van der Waals surface area contributed by atoms with E-state index in [0.29, 0.717) is 11.9 Å². The normalized spacial score (nSPS) is 14.6. The summed E-state index contributed by atoms with van der Waals surface area (Å²) in [5, 5.41) is 2.86. The summed E-state index contributed by atoms with van der Waals surface area (Å²) in [6.07, 6.45) is 4.45. The number of nitrogen functional groups attached to an aromatic ring is 1. The molecule has 2 aromatic heterocycles. The molecular formula is C13H16N4S2. The molecule has 1 aliphatic rings. The Morgan fingerprint density at radius 1 is 1.47 bits per heavy atom. The molecule has 1 saturated carbocycles. The van der Waals surface area contributed by atoms with Gasteiger partial charge in [-0.15, -0.1) is 11.3 Å². The Hall–Kier alpha value is -1.27. The Morgan fingerprint density at radius 3 is 2.95 bits per heavy atom. The van der Waals surface area contributed by atoms with Crippen molar-refractivity contribution in [2.75, 3.05) is 16.9 Å². The van der Waals surface area contributed by atoms with Crippen LogP contribution in [0.25, 0.3) is 0 Å². The SMILES string of the molecule is CSc1nc(N)cc(N(Cc2cccs2)C2CC2)n1.